The molecule has 1 aromatic rings. The maximum absolute atomic E-state index is 12.4. The molecule has 3 rings (SSSR count). The molecule has 5 unspecified atom stereocenters. The van der Waals surface area contributed by atoms with Crippen molar-refractivity contribution in [3.05, 3.63) is 30.3 Å². The fraction of sp³-hybridized carbons (Fsp3) is 0.529. The minimum absolute atomic E-state index is 0. The van der Waals surface area contributed by atoms with Crippen LogP contribution in [0.5, 0.6) is 0 Å². The lowest BCUT2D eigenvalue weighted by Gasteiger charge is -2.28. The largest absolute Gasteiger partial charge is 0.344 e. The van der Waals surface area contributed by atoms with E-state index in [2.05, 4.69) is 10.6 Å². The van der Waals surface area contributed by atoms with Gasteiger partial charge in [0.25, 0.3) is 0 Å². The number of rotatable bonds is 4. The number of benzene rings is 1. The van der Waals surface area contributed by atoms with Crippen molar-refractivity contribution in [3.63, 3.8) is 0 Å². The van der Waals surface area contributed by atoms with Gasteiger partial charge in [0.15, 0.2) is 0 Å². The number of carbonyl (C=O) groups excluding carboxylic acids is 2. The summed E-state index contributed by atoms with van der Waals surface area (Å²) in [5.41, 5.74) is 6.91. The summed E-state index contributed by atoms with van der Waals surface area (Å²) in [6, 6.07) is 8.61. The van der Waals surface area contributed by atoms with Crippen molar-refractivity contribution in [1.82, 2.24) is 5.32 Å². The van der Waals surface area contributed by atoms with Gasteiger partial charge in [0.2, 0.25) is 11.8 Å². The number of amides is 2. The van der Waals surface area contributed by atoms with Gasteiger partial charge in [0.05, 0.1) is 5.92 Å². The highest BCUT2D eigenvalue weighted by molar-refractivity contribution is 5.97. The number of hydrogen-bond acceptors (Lipinski definition) is 3. The van der Waals surface area contributed by atoms with Crippen LogP contribution >= 0.6 is 12.4 Å². The van der Waals surface area contributed by atoms with Gasteiger partial charge in [-0.1, -0.05) is 18.2 Å². The molecule has 0 heterocycles. The third kappa shape index (κ3) is 3.67. The lowest BCUT2D eigenvalue weighted by molar-refractivity contribution is -0.130. The lowest BCUT2D eigenvalue weighted by Crippen LogP contribution is -2.50. The van der Waals surface area contributed by atoms with Crippen molar-refractivity contribution >= 4 is 29.9 Å². The average molecular weight is 338 g/mol. The molecule has 4 N–H and O–H groups in total. The minimum Gasteiger partial charge on any atom is -0.344 e. The van der Waals surface area contributed by atoms with Gasteiger partial charge in [-0.25, -0.2) is 0 Å². The highest BCUT2D eigenvalue weighted by Gasteiger charge is 2.49. The Labute approximate surface area is 142 Å². The van der Waals surface area contributed by atoms with E-state index in [0.29, 0.717) is 11.8 Å². The molecular weight excluding hydrogens is 314 g/mol. The first kappa shape index (κ1) is 17.8. The Morgan fingerprint density at radius 3 is 2.43 bits per heavy atom. The third-order valence-corrected chi connectivity index (χ3v) is 5.08. The van der Waals surface area contributed by atoms with E-state index in [0.717, 1.165) is 24.9 Å². The average Bonchev–Trinajstić information content (AvgIpc) is 3.08. The van der Waals surface area contributed by atoms with Crippen LogP contribution in [0, 0.1) is 17.8 Å². The molecule has 2 bridgehead atoms. The summed E-state index contributed by atoms with van der Waals surface area (Å²) in [6.45, 7) is 1.70. The predicted molar refractivity (Wildman–Crippen MR) is 92.2 cm³/mol. The van der Waals surface area contributed by atoms with Crippen molar-refractivity contribution in [2.24, 2.45) is 23.5 Å². The van der Waals surface area contributed by atoms with Crippen LogP contribution in [0.3, 0.4) is 0 Å². The second kappa shape index (κ2) is 7.32. The number of nitrogens with one attached hydrogen (secondary N) is 2. The number of anilines is 1. The number of fused-ring (bicyclic) bond motifs is 2. The van der Waals surface area contributed by atoms with E-state index >= 15 is 0 Å². The Kier molecular flexibility index (Phi) is 5.65. The molecule has 2 amide bonds. The van der Waals surface area contributed by atoms with Crippen LogP contribution in [-0.2, 0) is 9.59 Å². The van der Waals surface area contributed by atoms with Gasteiger partial charge in [-0.3, -0.25) is 9.59 Å². The molecule has 2 aliphatic rings. The van der Waals surface area contributed by atoms with Crippen LogP contribution < -0.4 is 16.4 Å². The maximum atomic E-state index is 12.4. The Balaban J connectivity index is 0.00000192. The van der Waals surface area contributed by atoms with E-state index in [4.69, 9.17) is 5.73 Å². The Morgan fingerprint density at radius 1 is 1.17 bits per heavy atom. The number of halogens is 1. The first-order valence-electron chi connectivity index (χ1n) is 7.98. The molecule has 0 saturated heterocycles. The van der Waals surface area contributed by atoms with Crippen molar-refractivity contribution < 1.29 is 9.59 Å². The lowest BCUT2D eigenvalue weighted by atomic mass is 9.84. The smallest absolute Gasteiger partial charge is 0.246 e. The van der Waals surface area contributed by atoms with Crippen LogP contribution in [0.1, 0.15) is 26.2 Å². The molecule has 2 aliphatic carbocycles. The molecule has 0 spiro atoms. The van der Waals surface area contributed by atoms with Crippen molar-refractivity contribution in [2.75, 3.05) is 5.32 Å². The summed E-state index contributed by atoms with van der Waals surface area (Å²) in [5.74, 6) is 0.455. The highest BCUT2D eigenvalue weighted by Crippen LogP contribution is 2.47. The van der Waals surface area contributed by atoms with Crippen molar-refractivity contribution in [1.29, 1.82) is 0 Å². The van der Waals surface area contributed by atoms with Gasteiger partial charge in [-0.05, 0) is 50.2 Å². The SMILES string of the molecule is CC(NC(=O)C1C2CCC(C2)C1N)C(=O)Nc1ccccc1.Cl. The fourth-order valence-corrected chi connectivity index (χ4v) is 3.87. The monoisotopic (exact) mass is 337 g/mol. The van der Waals surface area contributed by atoms with Gasteiger partial charge in [0.1, 0.15) is 6.04 Å². The highest BCUT2D eigenvalue weighted by atomic mass is 35.5. The predicted octanol–water partition coefficient (Wildman–Crippen LogP) is 1.93. The molecule has 5 atom stereocenters. The second-order valence-corrected chi connectivity index (χ2v) is 6.52. The number of nitrogens with two attached hydrogens (primary N) is 1. The Morgan fingerprint density at radius 2 is 1.83 bits per heavy atom. The third-order valence-electron chi connectivity index (χ3n) is 5.08. The minimum atomic E-state index is -0.570. The van der Waals surface area contributed by atoms with E-state index in [-0.39, 0.29) is 36.2 Å². The summed E-state index contributed by atoms with van der Waals surface area (Å²) in [5, 5.41) is 5.62. The zero-order valence-corrected chi connectivity index (χ0v) is 14.0. The van der Waals surface area contributed by atoms with Crippen LogP contribution in [0.25, 0.3) is 0 Å². The molecule has 5 nitrogen and oxygen atoms in total. The van der Waals surface area contributed by atoms with E-state index < -0.39 is 6.04 Å². The molecule has 0 radical (unpaired) electrons. The van der Waals surface area contributed by atoms with E-state index in [1.807, 2.05) is 30.3 Å². The Bertz CT molecular complexity index is 564. The first-order valence-corrected chi connectivity index (χ1v) is 7.98. The molecule has 2 fully saturated rings. The summed E-state index contributed by atoms with van der Waals surface area (Å²) in [7, 11) is 0. The number of carbonyl (C=O) groups is 2. The van der Waals surface area contributed by atoms with Crippen LogP contribution in [-0.4, -0.2) is 23.9 Å². The summed E-state index contributed by atoms with van der Waals surface area (Å²) >= 11 is 0. The number of para-hydroxylation sites is 1. The molecule has 126 valence electrons. The molecule has 23 heavy (non-hydrogen) atoms. The zero-order chi connectivity index (χ0) is 15.7. The van der Waals surface area contributed by atoms with E-state index in [9.17, 15) is 9.59 Å². The van der Waals surface area contributed by atoms with Gasteiger partial charge in [-0.15, -0.1) is 12.4 Å². The molecule has 1 aromatic carbocycles. The quantitative estimate of drug-likeness (QED) is 0.784. The summed E-state index contributed by atoms with van der Waals surface area (Å²) in [6.07, 6.45) is 3.28. The normalized spacial score (nSPS) is 29.5. The molecule has 6 heteroatoms. The topological polar surface area (TPSA) is 84.2 Å². The van der Waals surface area contributed by atoms with Crippen LogP contribution in [0.4, 0.5) is 5.69 Å². The summed E-state index contributed by atoms with van der Waals surface area (Å²) in [4.78, 5) is 24.6. The summed E-state index contributed by atoms with van der Waals surface area (Å²) < 4.78 is 0. The molecular formula is C17H24ClN3O2. The zero-order valence-electron chi connectivity index (χ0n) is 13.2. The number of hydrogen-bond donors (Lipinski definition) is 3. The van der Waals surface area contributed by atoms with Crippen LogP contribution in [0.2, 0.25) is 0 Å². The molecule has 0 aromatic heterocycles. The van der Waals surface area contributed by atoms with Crippen molar-refractivity contribution in [3.8, 4) is 0 Å². The standard InChI is InChI=1S/C17H23N3O2.ClH/c1-10(16(21)20-13-5-3-2-4-6-13)19-17(22)14-11-7-8-12(9-11)15(14)18;/h2-6,10-12,14-15H,7-9,18H2,1H3,(H,19,22)(H,20,21);1H. The van der Waals surface area contributed by atoms with Gasteiger partial charge >= 0.3 is 0 Å². The second-order valence-electron chi connectivity index (χ2n) is 6.52. The van der Waals surface area contributed by atoms with Crippen LogP contribution in [0.15, 0.2) is 30.3 Å². The molecule has 2 saturated carbocycles. The fourth-order valence-electron chi connectivity index (χ4n) is 3.87. The maximum Gasteiger partial charge on any atom is 0.246 e. The van der Waals surface area contributed by atoms with E-state index in [1.165, 1.54) is 0 Å². The molecule has 0 aliphatic heterocycles. The Hall–Kier alpha value is -1.59. The van der Waals surface area contributed by atoms with Gasteiger partial charge < -0.3 is 16.4 Å². The van der Waals surface area contributed by atoms with Gasteiger partial charge in [-0.2, -0.15) is 0 Å². The first-order chi connectivity index (χ1) is 10.6. The van der Waals surface area contributed by atoms with E-state index in [1.54, 1.807) is 6.92 Å². The van der Waals surface area contributed by atoms with Gasteiger partial charge in [0, 0.05) is 11.7 Å². The van der Waals surface area contributed by atoms with Crippen molar-refractivity contribution in [2.45, 2.75) is 38.3 Å².